The van der Waals surface area contributed by atoms with Gasteiger partial charge in [-0.15, -0.1) is 0 Å². The molecule has 34 heavy (non-hydrogen) atoms. The third kappa shape index (κ3) is 3.17. The third-order valence-corrected chi connectivity index (χ3v) is 7.30. The van der Waals surface area contributed by atoms with E-state index in [2.05, 4.69) is 24.7 Å². The van der Waals surface area contributed by atoms with Crippen molar-refractivity contribution in [2.45, 2.75) is 19.9 Å². The molecule has 3 heterocycles. The highest BCUT2D eigenvalue weighted by molar-refractivity contribution is 6.01. The van der Waals surface area contributed by atoms with Crippen LogP contribution in [0, 0.1) is 29.5 Å². The van der Waals surface area contributed by atoms with Gasteiger partial charge in [0.1, 0.15) is 11.2 Å². The molecule has 4 unspecified atom stereocenters. The van der Waals surface area contributed by atoms with Crippen LogP contribution in [0.5, 0.6) is 11.5 Å². The zero-order valence-electron chi connectivity index (χ0n) is 19.2. The van der Waals surface area contributed by atoms with E-state index in [-0.39, 0.29) is 52.6 Å². The first kappa shape index (κ1) is 22.3. The molecule has 0 radical (unpaired) electrons. The minimum Gasteiger partial charge on any atom is -0.467 e. The minimum atomic E-state index is -1.65. The number of pyridine rings is 1. The van der Waals surface area contributed by atoms with Crippen LogP contribution >= 0.6 is 0 Å². The standard InChI is InChI=1S/C23H28FN5O5/c1-10(2)11-4-5-14(25)13-7-28(6-12(11)13)20-17(24)18(26)16-19-22(20)33-9-27(3)29(19)8-15(21(16)30)34-23(31)32/h4-5,8,10-14H,6-7,9,25-26H2,1-3H3,(H,31,32). The number of ether oxygens (including phenoxy) is 2. The van der Waals surface area contributed by atoms with E-state index in [9.17, 15) is 9.59 Å². The van der Waals surface area contributed by atoms with Gasteiger partial charge in [0, 0.05) is 32.1 Å². The van der Waals surface area contributed by atoms with Gasteiger partial charge in [-0.05, 0) is 17.8 Å². The number of rotatable bonds is 3. The topological polar surface area (TPSA) is 136 Å². The van der Waals surface area contributed by atoms with E-state index < -0.39 is 23.2 Å². The van der Waals surface area contributed by atoms with Gasteiger partial charge in [-0.2, -0.15) is 0 Å². The number of nitrogens with two attached hydrogens (primary N) is 2. The highest BCUT2D eigenvalue weighted by atomic mass is 19.1. The number of hydrogen-bond acceptors (Lipinski definition) is 8. The molecule has 182 valence electrons. The van der Waals surface area contributed by atoms with Gasteiger partial charge in [-0.3, -0.25) is 14.5 Å². The van der Waals surface area contributed by atoms with Crippen molar-refractivity contribution in [3.63, 3.8) is 0 Å². The van der Waals surface area contributed by atoms with E-state index in [1.165, 1.54) is 10.9 Å². The number of anilines is 2. The first-order valence-electron chi connectivity index (χ1n) is 11.2. The fourth-order valence-corrected chi connectivity index (χ4v) is 5.68. The van der Waals surface area contributed by atoms with Gasteiger partial charge >= 0.3 is 6.16 Å². The molecular weight excluding hydrogens is 445 g/mol. The summed E-state index contributed by atoms with van der Waals surface area (Å²) in [5, 5.41) is 10.4. The SMILES string of the molecule is CC(C)C1C=CC(N)C2CN(c3c(F)c(N)c4c(=O)c(OC(=O)O)cn5c4c3OCN5C)CC12. The number of aromatic nitrogens is 1. The molecular formula is C23H28FN5O5. The number of halogens is 1. The zero-order chi connectivity index (χ0) is 24.5. The predicted octanol–water partition coefficient (Wildman–Crippen LogP) is 1.92. The molecule has 2 aliphatic heterocycles. The molecule has 2 aromatic rings. The molecule has 10 nitrogen and oxygen atoms in total. The third-order valence-electron chi connectivity index (χ3n) is 7.30. The van der Waals surface area contributed by atoms with Crippen molar-refractivity contribution in [2.24, 2.45) is 29.4 Å². The Morgan fingerprint density at radius 1 is 1.29 bits per heavy atom. The van der Waals surface area contributed by atoms with Gasteiger partial charge in [0.15, 0.2) is 18.3 Å². The smallest absolute Gasteiger partial charge is 0.467 e. The molecule has 1 aromatic heterocycles. The summed E-state index contributed by atoms with van der Waals surface area (Å²) in [6, 6.07) is -0.136. The van der Waals surface area contributed by atoms with E-state index >= 15 is 4.39 Å². The van der Waals surface area contributed by atoms with E-state index in [0.29, 0.717) is 24.9 Å². The number of carbonyl (C=O) groups is 1. The van der Waals surface area contributed by atoms with Crippen molar-refractivity contribution >= 4 is 28.4 Å². The van der Waals surface area contributed by atoms with Gasteiger partial charge in [0.2, 0.25) is 11.2 Å². The average Bonchev–Trinajstić information content (AvgIpc) is 3.21. The Morgan fingerprint density at radius 3 is 2.68 bits per heavy atom. The lowest BCUT2D eigenvalue weighted by molar-refractivity contribution is 0.143. The molecule has 0 amide bonds. The second-order valence-corrected chi connectivity index (χ2v) is 9.61. The summed E-state index contributed by atoms with van der Waals surface area (Å²) in [6.45, 7) is 5.48. The maximum atomic E-state index is 15.9. The lowest BCUT2D eigenvalue weighted by Gasteiger charge is -2.34. The number of benzene rings is 1. The second kappa shape index (κ2) is 7.79. The Bertz CT molecular complexity index is 1280. The fourth-order valence-electron chi connectivity index (χ4n) is 5.68. The van der Waals surface area contributed by atoms with Gasteiger partial charge in [-0.1, -0.05) is 26.0 Å². The maximum Gasteiger partial charge on any atom is 0.511 e. The van der Waals surface area contributed by atoms with Crippen LogP contribution in [0.15, 0.2) is 23.1 Å². The number of nitrogen functional groups attached to an aromatic ring is 1. The molecule has 1 aliphatic carbocycles. The molecule has 1 fully saturated rings. The van der Waals surface area contributed by atoms with Crippen LogP contribution in [-0.4, -0.2) is 48.8 Å². The van der Waals surface area contributed by atoms with E-state index in [1.807, 2.05) is 11.0 Å². The van der Waals surface area contributed by atoms with Crippen LogP contribution in [0.3, 0.4) is 0 Å². The molecule has 5 rings (SSSR count). The Morgan fingerprint density at radius 2 is 2.00 bits per heavy atom. The normalized spacial score (nSPS) is 25.6. The lowest BCUT2D eigenvalue weighted by atomic mass is 9.71. The van der Waals surface area contributed by atoms with Crippen LogP contribution in [-0.2, 0) is 0 Å². The van der Waals surface area contributed by atoms with E-state index in [0.717, 1.165) is 0 Å². The van der Waals surface area contributed by atoms with Gasteiger partial charge in [0.25, 0.3) is 0 Å². The molecule has 3 aliphatic rings. The lowest BCUT2D eigenvalue weighted by Crippen LogP contribution is -2.40. The van der Waals surface area contributed by atoms with Crippen molar-refractivity contribution in [2.75, 3.05) is 42.5 Å². The summed E-state index contributed by atoms with van der Waals surface area (Å²) < 4.78 is 28.0. The number of allylic oxidation sites excluding steroid dienone is 1. The summed E-state index contributed by atoms with van der Waals surface area (Å²) in [5.41, 5.74) is 11.8. The molecule has 5 N–H and O–H groups in total. The second-order valence-electron chi connectivity index (χ2n) is 9.61. The molecule has 1 aromatic carbocycles. The quantitative estimate of drug-likeness (QED) is 0.347. The predicted molar refractivity (Wildman–Crippen MR) is 126 cm³/mol. The number of nitrogens with zero attached hydrogens (tertiary/aromatic N) is 3. The summed E-state index contributed by atoms with van der Waals surface area (Å²) in [5.74, 6) is 0.0490. The molecule has 0 saturated carbocycles. The number of fused-ring (bicyclic) bond motifs is 1. The number of carboxylic acid groups (broad SMARTS) is 1. The van der Waals surface area contributed by atoms with E-state index in [4.69, 9.17) is 21.3 Å². The molecule has 11 heteroatoms. The van der Waals surface area contributed by atoms with Crippen molar-refractivity contribution in [3.05, 3.63) is 34.4 Å². The van der Waals surface area contributed by atoms with Crippen molar-refractivity contribution < 1.29 is 23.8 Å². The summed E-state index contributed by atoms with van der Waals surface area (Å²) in [4.78, 5) is 26.0. The Labute approximate surface area is 195 Å². The van der Waals surface area contributed by atoms with Gasteiger partial charge < -0.3 is 30.9 Å². The Hall–Kier alpha value is -3.47. The highest BCUT2D eigenvalue weighted by Gasteiger charge is 2.45. The largest absolute Gasteiger partial charge is 0.511 e. The maximum absolute atomic E-state index is 15.9. The molecule has 0 bridgehead atoms. The monoisotopic (exact) mass is 473 g/mol. The fraction of sp³-hybridized carbons (Fsp3) is 0.478. The zero-order valence-corrected chi connectivity index (χ0v) is 19.2. The van der Waals surface area contributed by atoms with Crippen LogP contribution in [0.25, 0.3) is 10.9 Å². The summed E-state index contributed by atoms with van der Waals surface area (Å²) >= 11 is 0. The van der Waals surface area contributed by atoms with Crippen LogP contribution in [0.2, 0.25) is 0 Å². The van der Waals surface area contributed by atoms with Gasteiger partial charge in [0.05, 0.1) is 17.3 Å². The molecule has 0 spiro atoms. The number of hydrogen-bond donors (Lipinski definition) is 3. The first-order chi connectivity index (χ1) is 16.1. The van der Waals surface area contributed by atoms with Crippen LogP contribution in [0.4, 0.5) is 20.6 Å². The van der Waals surface area contributed by atoms with Crippen LogP contribution < -0.4 is 36.3 Å². The average molecular weight is 474 g/mol. The highest BCUT2D eigenvalue weighted by Crippen LogP contribution is 2.48. The van der Waals surface area contributed by atoms with Crippen molar-refractivity contribution in [3.8, 4) is 11.5 Å². The minimum absolute atomic E-state index is 0.0459. The molecule has 4 atom stereocenters. The Balaban J connectivity index is 1.70. The van der Waals surface area contributed by atoms with Crippen molar-refractivity contribution in [1.29, 1.82) is 0 Å². The molecule has 1 saturated heterocycles. The summed E-state index contributed by atoms with van der Waals surface area (Å²) in [6.07, 6.45) is 3.81. The summed E-state index contributed by atoms with van der Waals surface area (Å²) in [7, 11) is 1.68. The Kier molecular flexibility index (Phi) is 5.12. The van der Waals surface area contributed by atoms with Crippen LogP contribution in [0.1, 0.15) is 13.8 Å². The van der Waals surface area contributed by atoms with Gasteiger partial charge in [-0.25, -0.2) is 9.18 Å². The first-order valence-corrected chi connectivity index (χ1v) is 11.2. The van der Waals surface area contributed by atoms with Crippen molar-refractivity contribution in [1.82, 2.24) is 4.68 Å². The van der Waals surface area contributed by atoms with E-state index in [1.54, 1.807) is 12.1 Å².